The highest BCUT2D eigenvalue weighted by Crippen LogP contribution is 2.29. The Morgan fingerprint density at radius 1 is 1.48 bits per heavy atom. The van der Waals surface area contributed by atoms with Gasteiger partial charge in [-0.15, -0.1) is 0 Å². The number of carboxylic acid groups (broad SMARTS) is 1. The van der Waals surface area contributed by atoms with E-state index in [4.69, 9.17) is 10.8 Å². The van der Waals surface area contributed by atoms with Crippen LogP contribution in [0.25, 0.3) is 11.2 Å². The Hall–Kier alpha value is -2.03. The minimum atomic E-state index is -0.945. The van der Waals surface area contributed by atoms with E-state index in [0.29, 0.717) is 22.7 Å². The summed E-state index contributed by atoms with van der Waals surface area (Å²) in [5, 5.41) is 13.6. The van der Waals surface area contributed by atoms with Gasteiger partial charge in [-0.3, -0.25) is 18.8 Å². The summed E-state index contributed by atoms with van der Waals surface area (Å²) in [4.78, 5) is 26.8. The van der Waals surface area contributed by atoms with Crippen molar-refractivity contribution in [3.05, 3.63) is 5.69 Å². The lowest BCUT2D eigenvalue weighted by Crippen LogP contribution is -2.25. The van der Waals surface area contributed by atoms with Gasteiger partial charge in [-0.25, -0.2) is 4.98 Å². The zero-order valence-corrected chi connectivity index (χ0v) is 12.8. The molecule has 0 spiro atoms. The molecule has 2 heterocycles. The van der Waals surface area contributed by atoms with Crippen molar-refractivity contribution in [1.82, 2.24) is 19.3 Å². The van der Waals surface area contributed by atoms with Crippen LogP contribution in [0.15, 0.2) is 5.16 Å². The van der Waals surface area contributed by atoms with E-state index in [1.165, 1.54) is 0 Å². The number of nitrogens with zero attached hydrogens (tertiary/aromatic N) is 4. The fourth-order valence-corrected chi connectivity index (χ4v) is 2.92. The van der Waals surface area contributed by atoms with E-state index in [-0.39, 0.29) is 5.75 Å². The van der Waals surface area contributed by atoms with Crippen LogP contribution < -0.4 is 5.73 Å². The molecular weight excluding hydrogens is 294 g/mol. The van der Waals surface area contributed by atoms with E-state index in [1.807, 2.05) is 6.92 Å². The molecule has 1 amide bonds. The monoisotopic (exact) mass is 311 g/mol. The van der Waals surface area contributed by atoms with Gasteiger partial charge in [-0.2, -0.15) is 5.10 Å². The van der Waals surface area contributed by atoms with Crippen molar-refractivity contribution in [2.45, 2.75) is 31.5 Å². The Bertz CT molecular complexity index is 705. The lowest BCUT2D eigenvalue weighted by atomic mass is 10.3. The second kappa shape index (κ2) is 5.76. The molecule has 0 fully saturated rings. The molecular formula is C12H17N5O3S. The number of hydrogen-bond acceptors (Lipinski definition) is 5. The Morgan fingerprint density at radius 3 is 2.67 bits per heavy atom. The Morgan fingerprint density at radius 2 is 2.14 bits per heavy atom. The van der Waals surface area contributed by atoms with Gasteiger partial charge in [0, 0.05) is 7.05 Å². The summed E-state index contributed by atoms with van der Waals surface area (Å²) in [6.45, 7) is 3.62. The topological polar surface area (TPSA) is 116 Å². The predicted octanol–water partition coefficient (Wildman–Crippen LogP) is 0.555. The number of carbonyl (C=O) groups excluding carboxylic acids is 1. The normalized spacial score (nSPS) is 12.7. The number of amides is 1. The minimum Gasteiger partial charge on any atom is -0.481 e. The number of hydrogen-bond donors (Lipinski definition) is 2. The van der Waals surface area contributed by atoms with Gasteiger partial charge in [0.2, 0.25) is 5.91 Å². The fraction of sp³-hybridized carbons (Fsp3) is 0.500. The average Bonchev–Trinajstić information content (AvgIpc) is 2.93. The zero-order valence-electron chi connectivity index (χ0n) is 12.0. The third-order valence-corrected chi connectivity index (χ3v) is 4.10. The molecule has 8 nitrogen and oxygen atoms in total. The van der Waals surface area contributed by atoms with Crippen molar-refractivity contribution < 1.29 is 14.7 Å². The Labute approximate surface area is 125 Å². The van der Waals surface area contributed by atoms with Crippen molar-refractivity contribution in [3.63, 3.8) is 0 Å². The van der Waals surface area contributed by atoms with E-state index >= 15 is 0 Å². The number of imidazole rings is 1. The molecule has 1 unspecified atom stereocenters. The lowest BCUT2D eigenvalue weighted by molar-refractivity contribution is -0.133. The number of carboxylic acids is 1. The van der Waals surface area contributed by atoms with Gasteiger partial charge >= 0.3 is 5.97 Å². The summed E-state index contributed by atoms with van der Waals surface area (Å²) in [5.74, 6) is -1.59. The molecule has 21 heavy (non-hydrogen) atoms. The second-order valence-corrected chi connectivity index (χ2v) is 5.56. The molecule has 0 aromatic carbocycles. The summed E-state index contributed by atoms with van der Waals surface area (Å²) in [5.41, 5.74) is 7.55. The number of fused-ring (bicyclic) bond motifs is 1. The van der Waals surface area contributed by atoms with E-state index in [0.717, 1.165) is 17.5 Å². The van der Waals surface area contributed by atoms with Crippen LogP contribution in [0.1, 0.15) is 25.6 Å². The van der Waals surface area contributed by atoms with E-state index in [9.17, 15) is 9.59 Å². The molecule has 2 aromatic rings. The molecule has 2 rings (SSSR count). The minimum absolute atomic E-state index is 0.135. The van der Waals surface area contributed by atoms with Crippen LogP contribution in [-0.2, 0) is 23.1 Å². The molecule has 3 N–H and O–H groups in total. The van der Waals surface area contributed by atoms with Crippen LogP contribution in [0.4, 0.5) is 0 Å². The number of carbonyl (C=O) groups is 2. The third kappa shape index (κ3) is 2.73. The molecule has 0 aliphatic carbocycles. The largest absolute Gasteiger partial charge is 0.481 e. The average molecular weight is 311 g/mol. The Kier molecular flexibility index (Phi) is 4.21. The first kappa shape index (κ1) is 15.4. The maximum absolute atomic E-state index is 11.5. The first-order valence-electron chi connectivity index (χ1n) is 6.44. The lowest BCUT2D eigenvalue weighted by Gasteiger charge is -2.13. The molecule has 0 radical (unpaired) electrons. The van der Waals surface area contributed by atoms with Crippen LogP contribution in [0.3, 0.4) is 0 Å². The number of thioether (sulfide) groups is 1. The number of aliphatic carboxylic acids is 1. The third-order valence-electron chi connectivity index (χ3n) is 3.16. The van der Waals surface area contributed by atoms with E-state index in [2.05, 4.69) is 10.1 Å². The van der Waals surface area contributed by atoms with Crippen molar-refractivity contribution in [3.8, 4) is 0 Å². The summed E-state index contributed by atoms with van der Waals surface area (Å²) in [6, 6.07) is -0.633. The summed E-state index contributed by atoms with van der Waals surface area (Å²) < 4.78 is 3.29. The van der Waals surface area contributed by atoms with Crippen molar-refractivity contribution in [1.29, 1.82) is 0 Å². The number of primary amides is 1. The molecule has 2 aromatic heterocycles. The van der Waals surface area contributed by atoms with Crippen LogP contribution in [0, 0.1) is 0 Å². The molecule has 9 heteroatoms. The van der Waals surface area contributed by atoms with Gasteiger partial charge in [0.05, 0.1) is 11.4 Å². The molecule has 0 saturated heterocycles. The van der Waals surface area contributed by atoms with Crippen LogP contribution in [-0.4, -0.2) is 42.1 Å². The predicted molar refractivity (Wildman–Crippen MR) is 78.1 cm³/mol. The number of rotatable bonds is 6. The quantitative estimate of drug-likeness (QED) is 0.753. The number of nitrogens with two attached hydrogens (primary N) is 1. The summed E-state index contributed by atoms with van der Waals surface area (Å²) in [6.07, 6.45) is 0.697. The maximum Gasteiger partial charge on any atom is 0.313 e. The summed E-state index contributed by atoms with van der Waals surface area (Å²) in [7, 11) is 1.76. The standard InChI is InChI=1S/C12H17N5O3S/c1-4-7-9-11(16(3)15-7)17(6(2)10(13)20)12(14-9)21-5-8(18)19/h6H,4-5H2,1-3H3,(H2,13,20)(H,18,19). The molecule has 114 valence electrons. The van der Waals surface area contributed by atoms with Gasteiger partial charge < -0.3 is 10.8 Å². The van der Waals surface area contributed by atoms with E-state index < -0.39 is 17.9 Å². The van der Waals surface area contributed by atoms with Crippen LogP contribution in [0.5, 0.6) is 0 Å². The zero-order chi connectivity index (χ0) is 15.7. The summed E-state index contributed by atoms with van der Waals surface area (Å²) >= 11 is 1.06. The highest BCUT2D eigenvalue weighted by atomic mass is 32.2. The molecule has 0 aliphatic heterocycles. The first-order valence-corrected chi connectivity index (χ1v) is 7.43. The first-order chi connectivity index (χ1) is 9.86. The SMILES string of the molecule is CCc1nn(C)c2c1nc(SCC(=O)O)n2C(C)C(N)=O. The van der Waals surface area contributed by atoms with Gasteiger partial charge in [0.1, 0.15) is 11.6 Å². The molecule has 0 bridgehead atoms. The molecule has 0 aliphatic rings. The van der Waals surface area contributed by atoms with E-state index in [1.54, 1.807) is 23.2 Å². The van der Waals surface area contributed by atoms with Crippen LogP contribution >= 0.6 is 11.8 Å². The second-order valence-electron chi connectivity index (χ2n) is 4.62. The Balaban J connectivity index is 2.62. The van der Waals surface area contributed by atoms with Gasteiger partial charge in [-0.1, -0.05) is 18.7 Å². The number of aromatic nitrogens is 4. The molecule has 0 saturated carbocycles. The van der Waals surface area contributed by atoms with Crippen molar-refractivity contribution in [2.75, 3.05) is 5.75 Å². The van der Waals surface area contributed by atoms with Crippen molar-refractivity contribution >= 4 is 34.8 Å². The fourth-order valence-electron chi connectivity index (χ4n) is 2.13. The van der Waals surface area contributed by atoms with Crippen LogP contribution in [0.2, 0.25) is 0 Å². The van der Waals surface area contributed by atoms with Gasteiger partial charge in [0.15, 0.2) is 10.8 Å². The smallest absolute Gasteiger partial charge is 0.313 e. The van der Waals surface area contributed by atoms with Gasteiger partial charge in [-0.05, 0) is 13.3 Å². The highest BCUT2D eigenvalue weighted by molar-refractivity contribution is 7.99. The molecule has 1 atom stereocenters. The van der Waals surface area contributed by atoms with Gasteiger partial charge in [0.25, 0.3) is 0 Å². The number of aryl methyl sites for hydroxylation is 2. The highest BCUT2D eigenvalue weighted by Gasteiger charge is 2.25. The maximum atomic E-state index is 11.5. The van der Waals surface area contributed by atoms with Crippen molar-refractivity contribution in [2.24, 2.45) is 12.8 Å².